The van der Waals surface area contributed by atoms with E-state index in [4.69, 9.17) is 0 Å². The van der Waals surface area contributed by atoms with Crippen molar-refractivity contribution >= 4 is 11.3 Å². The van der Waals surface area contributed by atoms with E-state index in [0.717, 1.165) is 16.7 Å². The number of halogens is 1. The van der Waals surface area contributed by atoms with Gasteiger partial charge in [-0.1, -0.05) is 11.3 Å². The van der Waals surface area contributed by atoms with Gasteiger partial charge in [-0.05, 0) is 0 Å². The van der Waals surface area contributed by atoms with Crippen LogP contribution >= 0.6 is 11.3 Å². The average Bonchev–Trinajstić information content (AvgIpc) is 1.87. The Balaban J connectivity index is 3.04. The monoisotopic (exact) mass is 118 g/mol. The molecular formula is C3HFNOS. The highest BCUT2D eigenvalue weighted by Gasteiger charge is 1.95. The van der Waals surface area contributed by atoms with E-state index in [-0.39, 0.29) is 0 Å². The summed E-state index contributed by atoms with van der Waals surface area (Å²) < 4.78 is 11.6. The molecule has 7 heavy (non-hydrogen) atoms. The van der Waals surface area contributed by atoms with Crippen LogP contribution in [-0.4, -0.2) is 4.98 Å². The van der Waals surface area contributed by atoms with E-state index < -0.39 is 11.1 Å². The molecule has 37 valence electrons. The number of thiazole rings is 1. The molecule has 2 nitrogen and oxygen atoms in total. The summed E-state index contributed by atoms with van der Waals surface area (Å²) in [5.74, 6) is -0.685. The van der Waals surface area contributed by atoms with E-state index in [1.54, 1.807) is 0 Å². The molecule has 0 aromatic carbocycles. The molecule has 0 amide bonds. The van der Waals surface area contributed by atoms with Crippen molar-refractivity contribution in [2.45, 2.75) is 0 Å². The van der Waals surface area contributed by atoms with E-state index in [0.29, 0.717) is 0 Å². The predicted octanol–water partition coefficient (Wildman–Crippen LogP) is 1.43. The summed E-state index contributed by atoms with van der Waals surface area (Å²) in [5.41, 5.74) is 0. The fraction of sp³-hybridized carbons (Fsp3) is 0. The minimum atomic E-state index is -0.685. The van der Waals surface area contributed by atoms with Crippen molar-refractivity contribution in [3.8, 4) is 5.19 Å². The first kappa shape index (κ1) is 4.52. The van der Waals surface area contributed by atoms with Gasteiger partial charge in [0.05, 0.1) is 5.38 Å². The fourth-order valence-corrected chi connectivity index (χ4v) is 0.630. The molecule has 0 aliphatic heterocycles. The number of hydrogen-bond donors (Lipinski definition) is 0. The number of aromatic nitrogens is 1. The Morgan fingerprint density at radius 1 is 1.86 bits per heavy atom. The maximum Gasteiger partial charge on any atom is 0.329 e. The number of nitrogens with zero attached hydrogens (tertiary/aromatic N) is 1. The highest BCUT2D eigenvalue weighted by Crippen LogP contribution is 2.14. The number of hydrogen-bond acceptors (Lipinski definition) is 2. The molecule has 0 aliphatic carbocycles. The SMILES string of the molecule is [O]c1nc(F)cs1. The van der Waals surface area contributed by atoms with Gasteiger partial charge in [-0.3, -0.25) is 5.11 Å². The van der Waals surface area contributed by atoms with E-state index in [1.807, 2.05) is 0 Å². The molecule has 0 saturated carbocycles. The molecule has 0 saturated heterocycles. The summed E-state index contributed by atoms with van der Waals surface area (Å²) >= 11 is 0.763. The molecule has 0 spiro atoms. The third-order valence-electron chi connectivity index (χ3n) is 0.455. The Hall–Kier alpha value is -0.640. The lowest BCUT2D eigenvalue weighted by Gasteiger charge is -1.62. The van der Waals surface area contributed by atoms with Crippen LogP contribution in [0.3, 0.4) is 0 Å². The lowest BCUT2D eigenvalue weighted by atomic mass is 11.0. The van der Waals surface area contributed by atoms with Crippen molar-refractivity contribution in [2.24, 2.45) is 0 Å². The largest absolute Gasteiger partial charge is 0.329 e. The predicted molar refractivity (Wildman–Crippen MR) is 22.2 cm³/mol. The summed E-state index contributed by atoms with van der Waals surface area (Å²) in [6, 6.07) is 0. The van der Waals surface area contributed by atoms with Crippen LogP contribution < -0.4 is 0 Å². The van der Waals surface area contributed by atoms with Crippen LogP contribution in [0.1, 0.15) is 0 Å². The third kappa shape index (κ3) is 0.866. The smallest absolute Gasteiger partial charge is 0.255 e. The van der Waals surface area contributed by atoms with Crippen LogP contribution in [0.4, 0.5) is 4.39 Å². The molecule has 0 unspecified atom stereocenters. The fourth-order valence-electron chi connectivity index (χ4n) is 0.239. The summed E-state index contributed by atoms with van der Waals surface area (Å²) in [6.07, 6.45) is 0. The first-order chi connectivity index (χ1) is 3.29. The second-order valence-electron chi connectivity index (χ2n) is 0.936. The zero-order chi connectivity index (χ0) is 5.28. The third-order valence-corrected chi connectivity index (χ3v) is 1.06. The van der Waals surface area contributed by atoms with Gasteiger partial charge in [-0.2, -0.15) is 9.37 Å². The zero-order valence-electron chi connectivity index (χ0n) is 3.22. The summed E-state index contributed by atoms with van der Waals surface area (Å²) in [4.78, 5) is 2.91. The lowest BCUT2D eigenvalue weighted by molar-refractivity contribution is 0.346. The van der Waals surface area contributed by atoms with Crippen molar-refractivity contribution in [1.29, 1.82) is 0 Å². The molecule has 1 aromatic rings. The minimum Gasteiger partial charge on any atom is -0.255 e. The molecular weight excluding hydrogens is 117 g/mol. The van der Waals surface area contributed by atoms with Crippen molar-refractivity contribution in [3.05, 3.63) is 11.3 Å². The molecule has 0 fully saturated rings. The van der Waals surface area contributed by atoms with Crippen LogP contribution in [0.15, 0.2) is 5.38 Å². The van der Waals surface area contributed by atoms with Gasteiger partial charge in [0.15, 0.2) is 0 Å². The molecule has 1 heterocycles. The van der Waals surface area contributed by atoms with E-state index in [9.17, 15) is 9.50 Å². The second kappa shape index (κ2) is 1.46. The minimum absolute atomic E-state index is 0.475. The van der Waals surface area contributed by atoms with Crippen LogP contribution in [0.25, 0.3) is 0 Å². The molecule has 0 atom stereocenters. The van der Waals surface area contributed by atoms with E-state index >= 15 is 0 Å². The van der Waals surface area contributed by atoms with E-state index in [1.165, 1.54) is 0 Å². The quantitative estimate of drug-likeness (QED) is 0.507. The summed E-state index contributed by atoms with van der Waals surface area (Å²) in [6.45, 7) is 0. The first-order valence-electron chi connectivity index (χ1n) is 1.57. The molecule has 0 bridgehead atoms. The van der Waals surface area contributed by atoms with Gasteiger partial charge >= 0.3 is 5.19 Å². The maximum absolute atomic E-state index is 11.6. The van der Waals surface area contributed by atoms with Gasteiger partial charge in [-0.25, -0.2) is 0 Å². The van der Waals surface area contributed by atoms with Gasteiger partial charge in [0, 0.05) is 0 Å². The lowest BCUT2D eigenvalue weighted by Crippen LogP contribution is -1.63. The number of rotatable bonds is 0. The van der Waals surface area contributed by atoms with Crippen molar-refractivity contribution in [3.63, 3.8) is 0 Å². The standard InChI is InChI=1S/C3HFNOS/c4-2-1-7-3(6)5-2/h1H. The summed E-state index contributed by atoms with van der Waals surface area (Å²) in [5, 5.41) is 10.6. The van der Waals surface area contributed by atoms with Gasteiger partial charge < -0.3 is 0 Å². The molecule has 1 aromatic heterocycles. The first-order valence-corrected chi connectivity index (χ1v) is 2.45. The van der Waals surface area contributed by atoms with Gasteiger partial charge in [-0.15, -0.1) is 0 Å². The zero-order valence-corrected chi connectivity index (χ0v) is 4.04. The highest BCUT2D eigenvalue weighted by atomic mass is 32.1. The van der Waals surface area contributed by atoms with Crippen LogP contribution in [0.2, 0.25) is 0 Å². The van der Waals surface area contributed by atoms with E-state index in [2.05, 4.69) is 4.98 Å². The Kier molecular flexibility index (Phi) is 0.941. The highest BCUT2D eigenvalue weighted by molar-refractivity contribution is 7.11. The normalized spacial score (nSPS) is 9.29. The second-order valence-corrected chi connectivity index (χ2v) is 1.76. The van der Waals surface area contributed by atoms with Gasteiger partial charge in [0.25, 0.3) is 0 Å². The van der Waals surface area contributed by atoms with Gasteiger partial charge in [0.2, 0.25) is 5.95 Å². The topological polar surface area (TPSA) is 32.8 Å². The molecule has 4 heteroatoms. The van der Waals surface area contributed by atoms with Crippen LogP contribution in [0.5, 0.6) is 5.19 Å². The molecule has 0 aliphatic rings. The molecule has 1 radical (unpaired) electrons. The maximum atomic E-state index is 11.6. The molecule has 1 rings (SSSR count). The van der Waals surface area contributed by atoms with Crippen LogP contribution in [-0.2, 0) is 5.11 Å². The Labute approximate surface area is 43.3 Å². The average molecular weight is 118 g/mol. The van der Waals surface area contributed by atoms with Crippen molar-refractivity contribution in [1.82, 2.24) is 4.98 Å². The van der Waals surface area contributed by atoms with Crippen molar-refractivity contribution in [2.75, 3.05) is 0 Å². The Morgan fingerprint density at radius 2 is 2.57 bits per heavy atom. The summed E-state index contributed by atoms with van der Waals surface area (Å²) in [7, 11) is 0. The Morgan fingerprint density at radius 3 is 2.71 bits per heavy atom. The van der Waals surface area contributed by atoms with Crippen LogP contribution in [0, 0.1) is 5.95 Å². The van der Waals surface area contributed by atoms with Crippen molar-refractivity contribution < 1.29 is 9.50 Å². The Bertz CT molecular complexity index is 147. The molecule has 0 N–H and O–H groups in total. The van der Waals surface area contributed by atoms with Gasteiger partial charge in [0.1, 0.15) is 0 Å².